The third kappa shape index (κ3) is 4.18. The average Bonchev–Trinajstić information content (AvgIpc) is 2.26. The summed E-state index contributed by atoms with van der Waals surface area (Å²) in [6.45, 7) is 3.25. The molecule has 1 heterocycles. The van der Waals surface area contributed by atoms with Crippen LogP contribution in [0.25, 0.3) is 0 Å². The number of aliphatic hydroxyl groups excluding tert-OH is 1. The van der Waals surface area contributed by atoms with Gasteiger partial charge in [0.2, 0.25) is 5.91 Å². The summed E-state index contributed by atoms with van der Waals surface area (Å²) in [6.07, 6.45) is 2.84. The summed E-state index contributed by atoms with van der Waals surface area (Å²) in [4.78, 5) is 13.6. The lowest BCUT2D eigenvalue weighted by atomic mass is 10.1. The van der Waals surface area contributed by atoms with Gasteiger partial charge in [0.05, 0.1) is 12.2 Å². The van der Waals surface area contributed by atoms with Crippen molar-refractivity contribution in [1.29, 1.82) is 0 Å². The number of amides is 1. The highest BCUT2D eigenvalue weighted by molar-refractivity contribution is 5.76. The molecule has 0 bridgehead atoms. The smallest absolute Gasteiger partial charge is 0.222 e. The molecular formula is C11H21NO3. The molecule has 15 heavy (non-hydrogen) atoms. The Hall–Kier alpha value is -0.610. The Morgan fingerprint density at radius 2 is 2.40 bits per heavy atom. The lowest BCUT2D eigenvalue weighted by Gasteiger charge is -2.32. The summed E-state index contributed by atoms with van der Waals surface area (Å²) in [5.74, 6) is 0.137. The SMILES string of the molecule is COC1CCCN(C(=O)CCC(C)O)C1. The van der Waals surface area contributed by atoms with E-state index in [1.54, 1.807) is 14.0 Å². The molecule has 0 aliphatic carbocycles. The van der Waals surface area contributed by atoms with Crippen molar-refractivity contribution in [3.05, 3.63) is 0 Å². The maximum Gasteiger partial charge on any atom is 0.222 e. The predicted molar refractivity (Wildman–Crippen MR) is 57.5 cm³/mol. The third-order valence-electron chi connectivity index (χ3n) is 2.84. The summed E-state index contributed by atoms with van der Waals surface area (Å²) in [5, 5.41) is 9.10. The number of hydrogen-bond acceptors (Lipinski definition) is 3. The van der Waals surface area contributed by atoms with Gasteiger partial charge in [0.25, 0.3) is 0 Å². The van der Waals surface area contributed by atoms with Crippen molar-refractivity contribution in [2.45, 2.75) is 44.8 Å². The van der Waals surface area contributed by atoms with Crippen LogP contribution in [0.1, 0.15) is 32.6 Å². The molecule has 1 rings (SSSR count). The number of ether oxygens (including phenoxy) is 1. The Labute approximate surface area is 91.2 Å². The molecule has 0 radical (unpaired) electrons. The largest absolute Gasteiger partial charge is 0.393 e. The Balaban J connectivity index is 2.32. The van der Waals surface area contributed by atoms with Crippen LogP contribution >= 0.6 is 0 Å². The molecule has 0 aromatic heterocycles. The van der Waals surface area contributed by atoms with Gasteiger partial charge in [0.1, 0.15) is 0 Å². The van der Waals surface area contributed by atoms with Crippen molar-refractivity contribution in [2.75, 3.05) is 20.2 Å². The number of rotatable bonds is 4. The molecule has 0 aromatic carbocycles. The van der Waals surface area contributed by atoms with Gasteiger partial charge >= 0.3 is 0 Å². The molecule has 1 aliphatic rings. The van der Waals surface area contributed by atoms with Crippen LogP contribution in [0.2, 0.25) is 0 Å². The van der Waals surface area contributed by atoms with Gasteiger partial charge in [-0.15, -0.1) is 0 Å². The highest BCUT2D eigenvalue weighted by atomic mass is 16.5. The zero-order chi connectivity index (χ0) is 11.3. The summed E-state index contributed by atoms with van der Waals surface area (Å²) in [7, 11) is 1.69. The Kier molecular flexibility index (Phi) is 5.05. The van der Waals surface area contributed by atoms with Gasteiger partial charge in [-0.2, -0.15) is 0 Å². The van der Waals surface area contributed by atoms with Crippen molar-refractivity contribution < 1.29 is 14.6 Å². The van der Waals surface area contributed by atoms with E-state index in [9.17, 15) is 4.79 Å². The lowest BCUT2D eigenvalue weighted by molar-refractivity contribution is -0.135. The standard InChI is InChI=1S/C11H21NO3/c1-9(13)5-6-11(14)12-7-3-4-10(8-12)15-2/h9-10,13H,3-8H2,1-2H3. The zero-order valence-corrected chi connectivity index (χ0v) is 9.61. The van der Waals surface area contributed by atoms with E-state index in [1.165, 1.54) is 0 Å². The highest BCUT2D eigenvalue weighted by Crippen LogP contribution is 2.14. The van der Waals surface area contributed by atoms with Gasteiger partial charge < -0.3 is 14.7 Å². The molecule has 4 nitrogen and oxygen atoms in total. The first kappa shape index (κ1) is 12.5. The minimum Gasteiger partial charge on any atom is -0.393 e. The number of piperidine rings is 1. The summed E-state index contributed by atoms with van der Waals surface area (Å²) in [6, 6.07) is 0. The Morgan fingerprint density at radius 1 is 1.67 bits per heavy atom. The number of aliphatic hydroxyl groups is 1. The van der Waals surface area contributed by atoms with Crippen LogP contribution in [0.4, 0.5) is 0 Å². The van der Waals surface area contributed by atoms with Crippen molar-refractivity contribution in [1.82, 2.24) is 4.90 Å². The summed E-state index contributed by atoms with van der Waals surface area (Å²) >= 11 is 0. The van der Waals surface area contributed by atoms with Gasteiger partial charge in [0, 0.05) is 26.6 Å². The number of hydrogen-bond donors (Lipinski definition) is 1. The quantitative estimate of drug-likeness (QED) is 0.754. The molecule has 4 heteroatoms. The first-order valence-corrected chi connectivity index (χ1v) is 5.62. The van der Waals surface area contributed by atoms with E-state index in [0.29, 0.717) is 19.4 Å². The fourth-order valence-corrected chi connectivity index (χ4v) is 1.85. The second-order valence-corrected chi connectivity index (χ2v) is 4.23. The predicted octanol–water partition coefficient (Wildman–Crippen LogP) is 0.785. The number of carbonyl (C=O) groups excluding carboxylic acids is 1. The minimum absolute atomic E-state index is 0.137. The van der Waals surface area contributed by atoms with Gasteiger partial charge in [-0.25, -0.2) is 0 Å². The molecule has 1 N–H and O–H groups in total. The van der Waals surface area contributed by atoms with Crippen molar-refractivity contribution >= 4 is 5.91 Å². The van der Waals surface area contributed by atoms with Crippen molar-refractivity contribution in [3.8, 4) is 0 Å². The van der Waals surface area contributed by atoms with Gasteiger partial charge in [-0.3, -0.25) is 4.79 Å². The maximum absolute atomic E-state index is 11.7. The van der Waals surface area contributed by atoms with E-state index in [0.717, 1.165) is 19.4 Å². The number of carbonyl (C=O) groups is 1. The second-order valence-electron chi connectivity index (χ2n) is 4.23. The third-order valence-corrected chi connectivity index (χ3v) is 2.84. The molecule has 2 atom stereocenters. The van der Waals surface area contributed by atoms with E-state index in [1.807, 2.05) is 4.90 Å². The zero-order valence-electron chi connectivity index (χ0n) is 9.61. The highest BCUT2D eigenvalue weighted by Gasteiger charge is 2.22. The van der Waals surface area contributed by atoms with E-state index in [-0.39, 0.29) is 12.0 Å². The first-order chi connectivity index (χ1) is 7.13. The number of nitrogens with zero attached hydrogens (tertiary/aromatic N) is 1. The average molecular weight is 215 g/mol. The first-order valence-electron chi connectivity index (χ1n) is 5.62. The Morgan fingerprint density at radius 3 is 3.00 bits per heavy atom. The van der Waals surface area contributed by atoms with Crippen molar-refractivity contribution in [3.63, 3.8) is 0 Å². The van der Waals surface area contributed by atoms with Gasteiger partial charge in [-0.1, -0.05) is 0 Å². The monoisotopic (exact) mass is 215 g/mol. The lowest BCUT2D eigenvalue weighted by Crippen LogP contribution is -2.43. The molecule has 0 saturated carbocycles. The van der Waals surface area contributed by atoms with Crippen LogP contribution in [0, 0.1) is 0 Å². The molecule has 88 valence electrons. The summed E-state index contributed by atoms with van der Waals surface area (Å²) in [5.41, 5.74) is 0. The minimum atomic E-state index is -0.392. The summed E-state index contributed by atoms with van der Waals surface area (Å²) < 4.78 is 5.25. The molecule has 1 aliphatic heterocycles. The molecule has 1 saturated heterocycles. The number of methoxy groups -OCH3 is 1. The second kappa shape index (κ2) is 6.08. The van der Waals surface area contributed by atoms with Crippen LogP contribution in [-0.2, 0) is 9.53 Å². The van der Waals surface area contributed by atoms with Gasteiger partial charge in [0.15, 0.2) is 0 Å². The van der Waals surface area contributed by atoms with Gasteiger partial charge in [-0.05, 0) is 26.2 Å². The van der Waals surface area contributed by atoms with Crippen LogP contribution in [0.3, 0.4) is 0 Å². The molecular weight excluding hydrogens is 194 g/mol. The maximum atomic E-state index is 11.7. The fraction of sp³-hybridized carbons (Fsp3) is 0.909. The van der Waals surface area contributed by atoms with Crippen LogP contribution < -0.4 is 0 Å². The van der Waals surface area contributed by atoms with E-state index < -0.39 is 6.10 Å². The molecule has 1 amide bonds. The molecule has 2 unspecified atom stereocenters. The fourth-order valence-electron chi connectivity index (χ4n) is 1.85. The molecule has 0 aromatic rings. The molecule has 0 spiro atoms. The van der Waals surface area contributed by atoms with Crippen molar-refractivity contribution in [2.24, 2.45) is 0 Å². The van der Waals surface area contributed by atoms with E-state index in [2.05, 4.69) is 0 Å². The van der Waals surface area contributed by atoms with E-state index in [4.69, 9.17) is 9.84 Å². The van der Waals surface area contributed by atoms with E-state index >= 15 is 0 Å². The normalized spacial score (nSPS) is 23.9. The van der Waals surface area contributed by atoms with Crippen LogP contribution in [-0.4, -0.2) is 48.3 Å². The Bertz CT molecular complexity index is 206. The molecule has 1 fully saturated rings. The topological polar surface area (TPSA) is 49.8 Å². The van der Waals surface area contributed by atoms with Crippen LogP contribution in [0.5, 0.6) is 0 Å². The number of likely N-dealkylation sites (tertiary alicyclic amines) is 1. The van der Waals surface area contributed by atoms with Crippen LogP contribution in [0.15, 0.2) is 0 Å².